The molecule has 3 rings (SSSR count). The largest absolute Gasteiger partial charge is 0.362 e. The molecule has 2 aromatic rings. The van der Waals surface area contributed by atoms with E-state index in [0.29, 0.717) is 38.2 Å². The van der Waals surface area contributed by atoms with Gasteiger partial charge < -0.3 is 14.8 Å². The molecule has 0 spiro atoms. The van der Waals surface area contributed by atoms with Crippen LogP contribution in [0, 0.1) is 13.8 Å². The monoisotopic (exact) mass is 326 g/mol. The van der Waals surface area contributed by atoms with Crippen LogP contribution in [0.5, 0.6) is 0 Å². The molecule has 1 aliphatic rings. The lowest BCUT2D eigenvalue weighted by Crippen LogP contribution is -2.51. The van der Waals surface area contributed by atoms with Crippen LogP contribution in [0.2, 0.25) is 0 Å². The SMILES string of the molecule is Cc1cc(CC(=O)N2CCN(C(=O)c3ccncc3)CC2)c(C)[nH]1. The van der Waals surface area contributed by atoms with E-state index < -0.39 is 0 Å². The number of aromatic nitrogens is 2. The number of carbonyl (C=O) groups excluding carboxylic acids is 2. The summed E-state index contributed by atoms with van der Waals surface area (Å²) in [5.74, 6) is 0.120. The maximum atomic E-state index is 12.5. The van der Waals surface area contributed by atoms with Crippen molar-refractivity contribution in [1.29, 1.82) is 0 Å². The highest BCUT2D eigenvalue weighted by Crippen LogP contribution is 2.13. The van der Waals surface area contributed by atoms with Gasteiger partial charge in [-0.3, -0.25) is 14.6 Å². The average molecular weight is 326 g/mol. The lowest BCUT2D eigenvalue weighted by Gasteiger charge is -2.35. The number of rotatable bonds is 3. The summed E-state index contributed by atoms with van der Waals surface area (Å²) in [7, 11) is 0. The number of hydrogen-bond acceptors (Lipinski definition) is 3. The molecule has 0 radical (unpaired) electrons. The van der Waals surface area contributed by atoms with Crippen molar-refractivity contribution < 1.29 is 9.59 Å². The summed E-state index contributed by atoms with van der Waals surface area (Å²) in [6.07, 6.45) is 3.65. The molecule has 126 valence electrons. The fourth-order valence-electron chi connectivity index (χ4n) is 3.08. The second kappa shape index (κ2) is 6.86. The molecule has 6 nitrogen and oxygen atoms in total. The molecule has 2 amide bonds. The van der Waals surface area contributed by atoms with Crippen LogP contribution in [0.15, 0.2) is 30.6 Å². The number of aryl methyl sites for hydroxylation is 2. The Balaban J connectivity index is 1.56. The van der Waals surface area contributed by atoms with Crippen molar-refractivity contribution in [1.82, 2.24) is 19.8 Å². The van der Waals surface area contributed by atoms with Gasteiger partial charge in [-0.1, -0.05) is 0 Å². The van der Waals surface area contributed by atoms with Crippen molar-refractivity contribution in [3.8, 4) is 0 Å². The van der Waals surface area contributed by atoms with Crippen LogP contribution >= 0.6 is 0 Å². The first-order valence-corrected chi connectivity index (χ1v) is 8.17. The number of aromatic amines is 1. The van der Waals surface area contributed by atoms with E-state index >= 15 is 0 Å². The van der Waals surface area contributed by atoms with Crippen molar-refractivity contribution in [2.24, 2.45) is 0 Å². The van der Waals surface area contributed by atoms with Gasteiger partial charge in [-0.05, 0) is 37.6 Å². The summed E-state index contributed by atoms with van der Waals surface area (Å²) in [6, 6.07) is 5.46. The van der Waals surface area contributed by atoms with Gasteiger partial charge in [0, 0.05) is 55.5 Å². The van der Waals surface area contributed by atoms with Crippen LogP contribution < -0.4 is 0 Å². The molecule has 1 fully saturated rings. The van der Waals surface area contributed by atoms with Gasteiger partial charge in [0.15, 0.2) is 0 Å². The quantitative estimate of drug-likeness (QED) is 0.930. The molecule has 0 aliphatic carbocycles. The first kappa shape index (κ1) is 16.2. The summed E-state index contributed by atoms with van der Waals surface area (Å²) in [5, 5.41) is 0. The second-order valence-electron chi connectivity index (χ2n) is 6.19. The van der Waals surface area contributed by atoms with Crippen molar-refractivity contribution in [3.63, 3.8) is 0 Å². The minimum absolute atomic E-state index is 0.00148. The predicted molar refractivity (Wildman–Crippen MR) is 90.7 cm³/mol. The van der Waals surface area contributed by atoms with Crippen LogP contribution in [0.25, 0.3) is 0 Å². The highest BCUT2D eigenvalue weighted by atomic mass is 16.2. The molecule has 0 aromatic carbocycles. The molecule has 0 saturated carbocycles. The topological polar surface area (TPSA) is 69.3 Å². The number of pyridine rings is 1. The molecular weight excluding hydrogens is 304 g/mol. The Morgan fingerprint density at radius 1 is 1.08 bits per heavy atom. The predicted octanol–water partition coefficient (Wildman–Crippen LogP) is 1.55. The van der Waals surface area contributed by atoms with Crippen LogP contribution in [0.1, 0.15) is 27.3 Å². The second-order valence-corrected chi connectivity index (χ2v) is 6.19. The lowest BCUT2D eigenvalue weighted by molar-refractivity contribution is -0.131. The fourth-order valence-corrected chi connectivity index (χ4v) is 3.08. The number of hydrogen-bond donors (Lipinski definition) is 1. The van der Waals surface area contributed by atoms with Gasteiger partial charge in [0.1, 0.15) is 0 Å². The van der Waals surface area contributed by atoms with E-state index in [0.717, 1.165) is 17.0 Å². The Hall–Kier alpha value is -2.63. The van der Waals surface area contributed by atoms with Gasteiger partial charge in [0.2, 0.25) is 5.91 Å². The van der Waals surface area contributed by atoms with Crippen LogP contribution in [0.3, 0.4) is 0 Å². The first-order chi connectivity index (χ1) is 11.5. The summed E-state index contributed by atoms with van der Waals surface area (Å²) in [5.41, 5.74) is 3.81. The van der Waals surface area contributed by atoms with E-state index in [2.05, 4.69) is 9.97 Å². The Morgan fingerprint density at radius 3 is 2.29 bits per heavy atom. The van der Waals surface area contributed by atoms with E-state index in [-0.39, 0.29) is 11.8 Å². The van der Waals surface area contributed by atoms with Gasteiger partial charge in [0.25, 0.3) is 5.91 Å². The third-order valence-corrected chi connectivity index (χ3v) is 4.45. The highest BCUT2D eigenvalue weighted by molar-refractivity contribution is 5.94. The maximum Gasteiger partial charge on any atom is 0.254 e. The molecular formula is C18H22N4O2. The molecule has 1 N–H and O–H groups in total. The van der Waals surface area contributed by atoms with E-state index in [1.807, 2.05) is 24.8 Å². The number of nitrogens with one attached hydrogen (secondary N) is 1. The summed E-state index contributed by atoms with van der Waals surface area (Å²) >= 11 is 0. The Kier molecular flexibility index (Phi) is 4.64. The van der Waals surface area contributed by atoms with Gasteiger partial charge in [-0.15, -0.1) is 0 Å². The van der Waals surface area contributed by atoms with Crippen molar-refractivity contribution >= 4 is 11.8 Å². The number of carbonyl (C=O) groups is 2. The highest BCUT2D eigenvalue weighted by Gasteiger charge is 2.25. The third kappa shape index (κ3) is 3.48. The minimum atomic E-state index is 0.00148. The van der Waals surface area contributed by atoms with Crippen LogP contribution in [-0.2, 0) is 11.2 Å². The summed E-state index contributed by atoms with van der Waals surface area (Å²) in [6.45, 7) is 6.28. The molecule has 3 heterocycles. The van der Waals surface area contributed by atoms with Gasteiger partial charge >= 0.3 is 0 Å². The van der Waals surface area contributed by atoms with E-state index in [1.165, 1.54) is 0 Å². The number of piperazine rings is 1. The van der Waals surface area contributed by atoms with Crippen LogP contribution in [0.4, 0.5) is 0 Å². The van der Waals surface area contributed by atoms with Gasteiger partial charge in [-0.25, -0.2) is 0 Å². The van der Waals surface area contributed by atoms with Gasteiger partial charge in [0.05, 0.1) is 6.42 Å². The number of H-pyrrole nitrogens is 1. The molecule has 0 bridgehead atoms. The van der Waals surface area contributed by atoms with Crippen LogP contribution in [-0.4, -0.2) is 57.8 Å². The standard InChI is InChI=1S/C18H22N4O2/c1-13-11-16(14(2)20-13)12-17(23)21-7-9-22(10-8-21)18(24)15-3-5-19-6-4-15/h3-6,11,20H,7-10,12H2,1-2H3. The molecule has 1 aliphatic heterocycles. The zero-order valence-corrected chi connectivity index (χ0v) is 14.1. The summed E-state index contributed by atoms with van der Waals surface area (Å²) < 4.78 is 0. The molecule has 2 aromatic heterocycles. The zero-order chi connectivity index (χ0) is 17.1. The van der Waals surface area contributed by atoms with Gasteiger partial charge in [-0.2, -0.15) is 0 Å². The first-order valence-electron chi connectivity index (χ1n) is 8.17. The third-order valence-electron chi connectivity index (χ3n) is 4.45. The molecule has 1 saturated heterocycles. The maximum absolute atomic E-state index is 12.5. The normalized spacial score (nSPS) is 14.8. The fraction of sp³-hybridized carbons (Fsp3) is 0.389. The Labute approximate surface area is 141 Å². The molecule has 0 atom stereocenters. The number of nitrogens with zero attached hydrogens (tertiary/aromatic N) is 3. The smallest absolute Gasteiger partial charge is 0.254 e. The Bertz CT molecular complexity index is 731. The lowest BCUT2D eigenvalue weighted by atomic mass is 10.1. The van der Waals surface area contributed by atoms with Crippen molar-refractivity contribution in [3.05, 3.63) is 53.1 Å². The van der Waals surface area contributed by atoms with Crippen molar-refractivity contribution in [2.45, 2.75) is 20.3 Å². The zero-order valence-electron chi connectivity index (χ0n) is 14.1. The van der Waals surface area contributed by atoms with E-state index in [1.54, 1.807) is 29.4 Å². The van der Waals surface area contributed by atoms with E-state index in [4.69, 9.17) is 0 Å². The van der Waals surface area contributed by atoms with Crippen molar-refractivity contribution in [2.75, 3.05) is 26.2 Å². The van der Waals surface area contributed by atoms with E-state index in [9.17, 15) is 9.59 Å². The molecule has 24 heavy (non-hydrogen) atoms. The Morgan fingerprint density at radius 2 is 1.71 bits per heavy atom. The molecule has 0 unspecified atom stereocenters. The minimum Gasteiger partial charge on any atom is -0.362 e. The summed E-state index contributed by atoms with van der Waals surface area (Å²) in [4.78, 5) is 35.7. The molecule has 6 heteroatoms. The average Bonchev–Trinajstić information content (AvgIpc) is 2.92. The number of amides is 2.